The Morgan fingerprint density at radius 1 is 1.13 bits per heavy atom. The summed E-state index contributed by atoms with van der Waals surface area (Å²) >= 11 is 0. The molecule has 2 heterocycles. The first-order chi connectivity index (χ1) is 10.8. The molecule has 6 nitrogen and oxygen atoms in total. The van der Waals surface area contributed by atoms with Gasteiger partial charge in [-0.2, -0.15) is 0 Å². The monoisotopic (exact) mass is 351 g/mol. The molecular weight excluding hydrogens is 328 g/mol. The smallest absolute Gasteiger partial charge is 0.317 e. The van der Waals surface area contributed by atoms with Crippen molar-refractivity contribution in [1.82, 2.24) is 14.5 Å². The molecule has 3 fully saturated rings. The van der Waals surface area contributed by atoms with Crippen LogP contribution in [0, 0.1) is 11.8 Å². The van der Waals surface area contributed by atoms with E-state index in [0.717, 1.165) is 0 Å². The molecule has 0 radical (unpaired) electrons. The Balaban J connectivity index is 1.45. The van der Waals surface area contributed by atoms with Crippen LogP contribution in [0.1, 0.15) is 25.7 Å². The molecule has 0 spiro atoms. The lowest BCUT2D eigenvalue weighted by molar-refractivity contribution is -0.103. The highest BCUT2D eigenvalue weighted by atomic mass is 32.2. The summed E-state index contributed by atoms with van der Waals surface area (Å²) < 4.78 is 51.7. The van der Waals surface area contributed by atoms with E-state index in [9.17, 15) is 22.0 Å². The maximum absolute atomic E-state index is 12.8. The van der Waals surface area contributed by atoms with Gasteiger partial charge in [-0.25, -0.2) is 26.3 Å². The largest absolute Gasteiger partial charge is 0.336 e. The van der Waals surface area contributed by atoms with Crippen LogP contribution in [0.25, 0.3) is 0 Å². The number of halogens is 2. The van der Waals surface area contributed by atoms with E-state index >= 15 is 0 Å². The van der Waals surface area contributed by atoms with Crippen LogP contribution in [0.3, 0.4) is 0 Å². The van der Waals surface area contributed by atoms with E-state index in [1.54, 1.807) is 4.90 Å². The third kappa shape index (κ3) is 3.93. The van der Waals surface area contributed by atoms with Crippen LogP contribution in [-0.4, -0.2) is 68.1 Å². The number of carbonyl (C=O) groups is 1. The summed E-state index contributed by atoms with van der Waals surface area (Å²) in [4.78, 5) is 13.3. The van der Waals surface area contributed by atoms with Crippen molar-refractivity contribution in [3.05, 3.63) is 0 Å². The number of piperidine rings is 1. The lowest BCUT2D eigenvalue weighted by Gasteiger charge is -2.37. The number of urea groups is 1. The summed E-state index contributed by atoms with van der Waals surface area (Å²) in [5, 5.41) is 2.75. The maximum atomic E-state index is 12.8. The van der Waals surface area contributed by atoms with Gasteiger partial charge < -0.3 is 10.2 Å². The van der Waals surface area contributed by atoms with Gasteiger partial charge in [0, 0.05) is 45.6 Å². The van der Waals surface area contributed by atoms with Crippen LogP contribution in [0.4, 0.5) is 13.6 Å². The summed E-state index contributed by atoms with van der Waals surface area (Å²) in [5.41, 5.74) is 0. The third-order valence-corrected chi connectivity index (χ3v) is 7.06. The van der Waals surface area contributed by atoms with Gasteiger partial charge >= 0.3 is 6.03 Å². The van der Waals surface area contributed by atoms with Crippen LogP contribution in [0.15, 0.2) is 0 Å². The molecule has 0 aromatic carbocycles. The number of amides is 2. The van der Waals surface area contributed by atoms with Crippen molar-refractivity contribution in [1.29, 1.82) is 0 Å². The van der Waals surface area contributed by atoms with Crippen molar-refractivity contribution in [3.8, 4) is 0 Å². The second kappa shape index (κ2) is 6.16. The number of rotatable bonds is 5. The Morgan fingerprint density at radius 2 is 1.78 bits per heavy atom. The van der Waals surface area contributed by atoms with Crippen molar-refractivity contribution >= 4 is 16.1 Å². The zero-order valence-corrected chi connectivity index (χ0v) is 13.8. The quantitative estimate of drug-likeness (QED) is 0.806. The molecule has 2 saturated heterocycles. The minimum Gasteiger partial charge on any atom is -0.336 e. The van der Waals surface area contributed by atoms with Gasteiger partial charge in [-0.3, -0.25) is 0 Å². The minimum absolute atomic E-state index is 0.0500. The Hall–Kier alpha value is -0.960. The Morgan fingerprint density at radius 3 is 2.30 bits per heavy atom. The topological polar surface area (TPSA) is 69.7 Å². The normalized spacial score (nSPS) is 27.0. The number of nitrogens with one attached hydrogen (secondary N) is 1. The summed E-state index contributed by atoms with van der Waals surface area (Å²) in [6.45, 7) is 2.87. The number of alkyl halides is 2. The minimum atomic E-state index is -3.45. The molecule has 3 rings (SSSR count). The number of nitrogens with zero attached hydrogens (tertiary/aromatic N) is 2. The molecular formula is C14H23F2N3O3S. The molecule has 0 bridgehead atoms. The second-order valence-corrected chi connectivity index (χ2v) is 8.94. The molecule has 2 amide bonds. The van der Waals surface area contributed by atoms with E-state index in [1.807, 2.05) is 0 Å². The van der Waals surface area contributed by atoms with Gasteiger partial charge in [-0.05, 0) is 24.7 Å². The highest BCUT2D eigenvalue weighted by Gasteiger charge is 2.47. The fourth-order valence-corrected chi connectivity index (χ4v) is 5.48. The molecule has 132 valence electrons. The molecule has 2 aliphatic heterocycles. The van der Waals surface area contributed by atoms with Crippen molar-refractivity contribution in [2.45, 2.75) is 31.6 Å². The Bertz CT molecular complexity index is 554. The Kier molecular flexibility index (Phi) is 4.52. The van der Waals surface area contributed by atoms with E-state index in [4.69, 9.17) is 0 Å². The molecule has 23 heavy (non-hydrogen) atoms. The molecule has 0 aromatic heterocycles. The standard InChI is InChI=1S/C14H23F2N3O3S/c15-14(16)7-12(8-14)10-23(21,22)19-4-1-11(2-5-19)9-18-6-3-17-13(18)20/h11-12H,1-10H2,(H,17,20). The predicted molar refractivity (Wildman–Crippen MR) is 80.7 cm³/mol. The number of hydrogen-bond donors (Lipinski definition) is 1. The fourth-order valence-electron chi connectivity index (χ4n) is 3.67. The molecule has 0 atom stereocenters. The highest BCUT2D eigenvalue weighted by Crippen LogP contribution is 2.43. The summed E-state index contributed by atoms with van der Waals surface area (Å²) in [7, 11) is -3.45. The molecule has 1 N–H and O–H groups in total. The molecule has 0 aromatic rings. The molecule has 9 heteroatoms. The first kappa shape index (κ1) is 16.9. The van der Waals surface area contributed by atoms with Gasteiger partial charge in [0.05, 0.1) is 5.75 Å². The number of hydrogen-bond acceptors (Lipinski definition) is 3. The van der Waals surface area contributed by atoms with E-state index in [2.05, 4.69) is 5.32 Å². The lowest BCUT2D eigenvalue weighted by atomic mass is 9.83. The van der Waals surface area contributed by atoms with E-state index in [1.165, 1.54) is 4.31 Å². The van der Waals surface area contributed by atoms with Crippen LogP contribution >= 0.6 is 0 Å². The molecule has 3 aliphatic rings. The van der Waals surface area contributed by atoms with E-state index in [0.29, 0.717) is 51.5 Å². The van der Waals surface area contributed by atoms with Crippen molar-refractivity contribution in [3.63, 3.8) is 0 Å². The Labute approximate surface area is 135 Å². The van der Waals surface area contributed by atoms with Gasteiger partial charge in [0.2, 0.25) is 15.9 Å². The summed E-state index contributed by atoms with van der Waals surface area (Å²) in [5.74, 6) is -2.95. The van der Waals surface area contributed by atoms with Crippen LogP contribution in [0.5, 0.6) is 0 Å². The zero-order chi connectivity index (χ0) is 16.7. The molecule has 0 unspecified atom stereocenters. The first-order valence-corrected chi connectivity index (χ1v) is 9.74. The van der Waals surface area contributed by atoms with Crippen molar-refractivity contribution in [2.75, 3.05) is 38.5 Å². The molecule has 1 saturated carbocycles. The number of carbonyl (C=O) groups excluding carboxylic acids is 1. The van der Waals surface area contributed by atoms with Gasteiger partial charge in [0.15, 0.2) is 0 Å². The van der Waals surface area contributed by atoms with Crippen molar-refractivity contribution in [2.24, 2.45) is 11.8 Å². The van der Waals surface area contributed by atoms with Crippen LogP contribution < -0.4 is 5.32 Å². The van der Waals surface area contributed by atoms with E-state index < -0.39 is 21.9 Å². The predicted octanol–water partition coefficient (Wildman–Crippen LogP) is 1.10. The van der Waals surface area contributed by atoms with Crippen molar-refractivity contribution < 1.29 is 22.0 Å². The van der Waals surface area contributed by atoms with Gasteiger partial charge in [-0.15, -0.1) is 0 Å². The average molecular weight is 351 g/mol. The highest BCUT2D eigenvalue weighted by molar-refractivity contribution is 7.89. The first-order valence-electron chi connectivity index (χ1n) is 8.14. The zero-order valence-electron chi connectivity index (χ0n) is 13.0. The average Bonchev–Trinajstić information content (AvgIpc) is 2.82. The third-order valence-electron chi connectivity index (χ3n) is 5.01. The van der Waals surface area contributed by atoms with Gasteiger partial charge in [0.25, 0.3) is 0 Å². The summed E-state index contributed by atoms with van der Waals surface area (Å²) in [6.07, 6.45) is 0.799. The van der Waals surface area contributed by atoms with Gasteiger partial charge in [-0.1, -0.05) is 0 Å². The molecule has 1 aliphatic carbocycles. The van der Waals surface area contributed by atoms with Gasteiger partial charge in [0.1, 0.15) is 0 Å². The number of sulfonamides is 1. The SMILES string of the molecule is O=C1NCCN1CC1CCN(S(=O)(=O)CC2CC(F)(F)C2)CC1. The lowest BCUT2D eigenvalue weighted by Crippen LogP contribution is -2.46. The fraction of sp³-hybridized carbons (Fsp3) is 0.929. The summed E-state index contributed by atoms with van der Waals surface area (Å²) in [6, 6.07) is -0.0500. The van der Waals surface area contributed by atoms with Crippen LogP contribution in [0.2, 0.25) is 0 Å². The second-order valence-electron chi connectivity index (χ2n) is 6.93. The van der Waals surface area contributed by atoms with E-state index in [-0.39, 0.29) is 24.6 Å². The van der Waals surface area contributed by atoms with Crippen LogP contribution in [-0.2, 0) is 10.0 Å². The maximum Gasteiger partial charge on any atom is 0.317 e.